The van der Waals surface area contributed by atoms with Gasteiger partial charge in [-0.05, 0) is 46.8 Å². The lowest BCUT2D eigenvalue weighted by molar-refractivity contribution is 0.0483. The van der Waals surface area contributed by atoms with Crippen LogP contribution in [0.5, 0.6) is 0 Å². The van der Waals surface area contributed by atoms with Gasteiger partial charge in [0.2, 0.25) is 0 Å². The molecule has 104 valence electrons. The second-order valence-electron chi connectivity index (χ2n) is 5.46. The molecule has 5 heteroatoms. The van der Waals surface area contributed by atoms with Crippen LogP contribution in [0.2, 0.25) is 0 Å². The lowest BCUT2D eigenvalue weighted by Gasteiger charge is -2.19. The molecule has 1 aromatic carbocycles. The second kappa shape index (κ2) is 5.73. The zero-order chi connectivity index (χ0) is 14.6. The molecule has 2 amide bonds. The maximum atomic E-state index is 11.8. The van der Waals surface area contributed by atoms with E-state index in [4.69, 9.17) is 4.74 Å². The molecule has 0 aliphatic heterocycles. The van der Waals surface area contributed by atoms with E-state index >= 15 is 0 Å². The van der Waals surface area contributed by atoms with Crippen molar-refractivity contribution in [3.63, 3.8) is 0 Å². The van der Waals surface area contributed by atoms with Crippen LogP contribution in [0, 0.1) is 13.8 Å². The Morgan fingerprint density at radius 3 is 2.00 bits per heavy atom. The van der Waals surface area contributed by atoms with Gasteiger partial charge in [-0.25, -0.2) is 10.2 Å². The molecule has 0 aliphatic carbocycles. The molecule has 0 unspecified atom stereocenters. The number of hydrogen-bond donors (Lipinski definition) is 2. The minimum absolute atomic E-state index is 0.377. The summed E-state index contributed by atoms with van der Waals surface area (Å²) in [6.07, 6.45) is -0.690. The number of carbonyl (C=O) groups is 2. The van der Waals surface area contributed by atoms with E-state index in [-0.39, 0.29) is 5.91 Å². The fourth-order valence-corrected chi connectivity index (χ4v) is 1.59. The molecular formula is C14H20N2O3. The zero-order valence-corrected chi connectivity index (χ0v) is 12.0. The fourth-order valence-electron chi connectivity index (χ4n) is 1.59. The molecule has 0 heterocycles. The van der Waals surface area contributed by atoms with Gasteiger partial charge in [0.25, 0.3) is 5.91 Å². The van der Waals surface area contributed by atoms with Gasteiger partial charge in [-0.3, -0.25) is 10.2 Å². The topological polar surface area (TPSA) is 67.4 Å². The normalized spacial score (nSPS) is 10.8. The Hall–Kier alpha value is -2.04. The largest absolute Gasteiger partial charge is 0.443 e. The Morgan fingerprint density at radius 2 is 1.53 bits per heavy atom. The van der Waals surface area contributed by atoms with Crippen LogP contribution in [0.25, 0.3) is 0 Å². The molecular weight excluding hydrogens is 244 g/mol. The Bertz CT molecular complexity index is 470. The highest BCUT2D eigenvalue weighted by atomic mass is 16.6. The number of nitrogens with one attached hydrogen (secondary N) is 2. The van der Waals surface area contributed by atoms with E-state index in [2.05, 4.69) is 10.9 Å². The maximum absolute atomic E-state index is 11.8. The SMILES string of the molecule is Cc1cc(C)cc(C(=O)NNC(=O)OC(C)(C)C)c1. The standard InChI is InChI=1S/C14H20N2O3/c1-9-6-10(2)8-11(7-9)12(17)15-16-13(18)19-14(3,4)5/h6-8H,1-5H3,(H,15,17)(H,16,18). The van der Waals surface area contributed by atoms with Crippen molar-refractivity contribution in [3.8, 4) is 0 Å². The molecule has 0 fully saturated rings. The van der Waals surface area contributed by atoms with E-state index in [0.29, 0.717) is 5.56 Å². The summed E-state index contributed by atoms with van der Waals surface area (Å²) < 4.78 is 5.01. The fraction of sp³-hybridized carbons (Fsp3) is 0.429. The van der Waals surface area contributed by atoms with Gasteiger partial charge < -0.3 is 4.74 Å². The van der Waals surface area contributed by atoms with Crippen LogP contribution < -0.4 is 10.9 Å². The van der Waals surface area contributed by atoms with Crippen molar-refractivity contribution < 1.29 is 14.3 Å². The average molecular weight is 264 g/mol. The van der Waals surface area contributed by atoms with Crippen molar-refractivity contribution in [1.29, 1.82) is 0 Å². The Morgan fingerprint density at radius 1 is 1.00 bits per heavy atom. The molecule has 0 spiro atoms. The van der Waals surface area contributed by atoms with Crippen LogP contribution in [0.15, 0.2) is 18.2 Å². The molecule has 0 aliphatic rings. The Labute approximate surface area is 113 Å². The summed E-state index contributed by atoms with van der Waals surface area (Å²) in [7, 11) is 0. The third-order valence-electron chi connectivity index (χ3n) is 2.16. The number of carbonyl (C=O) groups excluding carboxylic acids is 2. The van der Waals surface area contributed by atoms with E-state index in [1.807, 2.05) is 19.9 Å². The van der Waals surface area contributed by atoms with Crippen LogP contribution in [0.3, 0.4) is 0 Å². The smallest absolute Gasteiger partial charge is 0.426 e. The Kier molecular flexibility index (Phi) is 4.53. The summed E-state index contributed by atoms with van der Waals surface area (Å²) in [5, 5.41) is 0. The van der Waals surface area contributed by atoms with Gasteiger partial charge in [0, 0.05) is 5.56 Å². The lowest BCUT2D eigenvalue weighted by atomic mass is 10.1. The molecule has 1 aromatic rings. The summed E-state index contributed by atoms with van der Waals surface area (Å²) in [5.41, 5.74) is 6.40. The highest BCUT2D eigenvalue weighted by Crippen LogP contribution is 2.09. The summed E-state index contributed by atoms with van der Waals surface area (Å²) in [5.74, 6) is -0.377. The predicted molar refractivity (Wildman–Crippen MR) is 72.8 cm³/mol. The highest BCUT2D eigenvalue weighted by molar-refractivity contribution is 5.95. The summed E-state index contributed by atoms with van der Waals surface area (Å²) in [6, 6.07) is 5.47. The summed E-state index contributed by atoms with van der Waals surface area (Å²) in [4.78, 5) is 23.2. The molecule has 19 heavy (non-hydrogen) atoms. The lowest BCUT2D eigenvalue weighted by Crippen LogP contribution is -2.44. The van der Waals surface area contributed by atoms with Gasteiger partial charge >= 0.3 is 6.09 Å². The van der Waals surface area contributed by atoms with E-state index in [1.54, 1.807) is 32.9 Å². The number of amides is 2. The van der Waals surface area contributed by atoms with Crippen molar-refractivity contribution in [3.05, 3.63) is 34.9 Å². The van der Waals surface area contributed by atoms with Gasteiger partial charge in [0.15, 0.2) is 0 Å². The van der Waals surface area contributed by atoms with Crippen molar-refractivity contribution >= 4 is 12.0 Å². The first-order valence-corrected chi connectivity index (χ1v) is 6.05. The Balaban J connectivity index is 2.58. The molecule has 0 atom stereocenters. The average Bonchev–Trinajstić information content (AvgIpc) is 2.22. The minimum Gasteiger partial charge on any atom is -0.443 e. The van der Waals surface area contributed by atoms with Crippen LogP contribution in [-0.2, 0) is 4.74 Å². The van der Waals surface area contributed by atoms with Gasteiger partial charge in [0.05, 0.1) is 0 Å². The monoisotopic (exact) mass is 264 g/mol. The van der Waals surface area contributed by atoms with Gasteiger partial charge in [-0.1, -0.05) is 17.2 Å². The van der Waals surface area contributed by atoms with E-state index in [1.165, 1.54) is 0 Å². The van der Waals surface area contributed by atoms with Gasteiger partial charge in [0.1, 0.15) is 5.60 Å². The van der Waals surface area contributed by atoms with Crippen LogP contribution in [0.4, 0.5) is 4.79 Å². The van der Waals surface area contributed by atoms with Crippen molar-refractivity contribution in [2.24, 2.45) is 0 Å². The molecule has 1 rings (SSSR count). The van der Waals surface area contributed by atoms with Gasteiger partial charge in [-0.2, -0.15) is 0 Å². The van der Waals surface area contributed by atoms with Crippen LogP contribution >= 0.6 is 0 Å². The van der Waals surface area contributed by atoms with Crippen molar-refractivity contribution in [2.45, 2.75) is 40.2 Å². The molecule has 0 radical (unpaired) electrons. The predicted octanol–water partition coefficient (Wildman–Crippen LogP) is 2.47. The molecule has 0 aromatic heterocycles. The van der Waals surface area contributed by atoms with Crippen LogP contribution in [-0.4, -0.2) is 17.6 Å². The number of rotatable bonds is 1. The van der Waals surface area contributed by atoms with E-state index in [9.17, 15) is 9.59 Å². The van der Waals surface area contributed by atoms with Crippen molar-refractivity contribution in [1.82, 2.24) is 10.9 Å². The van der Waals surface area contributed by atoms with Crippen molar-refractivity contribution in [2.75, 3.05) is 0 Å². The van der Waals surface area contributed by atoms with E-state index in [0.717, 1.165) is 11.1 Å². The number of ether oxygens (including phenoxy) is 1. The van der Waals surface area contributed by atoms with Gasteiger partial charge in [-0.15, -0.1) is 0 Å². The molecule has 5 nitrogen and oxygen atoms in total. The molecule has 2 N–H and O–H groups in total. The number of hydrazine groups is 1. The summed E-state index contributed by atoms with van der Waals surface area (Å²) >= 11 is 0. The number of aryl methyl sites for hydroxylation is 2. The third kappa shape index (κ3) is 5.42. The first kappa shape index (κ1) is 15.0. The van der Waals surface area contributed by atoms with E-state index < -0.39 is 11.7 Å². The number of hydrogen-bond acceptors (Lipinski definition) is 3. The molecule has 0 saturated carbocycles. The first-order chi connectivity index (χ1) is 8.67. The van der Waals surface area contributed by atoms with Crippen LogP contribution in [0.1, 0.15) is 42.3 Å². The number of benzene rings is 1. The second-order valence-corrected chi connectivity index (χ2v) is 5.46. The minimum atomic E-state index is -0.690. The molecule has 0 saturated heterocycles. The quantitative estimate of drug-likeness (QED) is 0.766. The first-order valence-electron chi connectivity index (χ1n) is 6.05. The zero-order valence-electron chi connectivity index (χ0n) is 12.0. The molecule has 0 bridgehead atoms. The summed E-state index contributed by atoms with van der Waals surface area (Å²) in [6.45, 7) is 9.06. The third-order valence-corrected chi connectivity index (χ3v) is 2.16. The maximum Gasteiger partial charge on any atom is 0.426 e. The highest BCUT2D eigenvalue weighted by Gasteiger charge is 2.16.